The Morgan fingerprint density at radius 3 is 2.82 bits per heavy atom. The standard InChI is InChI=1S/C12H15IN2O2/c1-12(7-14-8-12)17-6-11(16)15-10-5-3-2-4-9(10)13/h2-5,14H,6-8H2,1H3,(H,15,16). The Morgan fingerprint density at radius 2 is 2.24 bits per heavy atom. The molecular formula is C12H15IN2O2. The molecule has 1 fully saturated rings. The molecule has 0 atom stereocenters. The van der Waals surface area contributed by atoms with Crippen LogP contribution in [0.3, 0.4) is 0 Å². The summed E-state index contributed by atoms with van der Waals surface area (Å²) in [5, 5.41) is 5.97. The maximum atomic E-state index is 11.7. The molecule has 1 aliphatic heterocycles. The number of halogens is 1. The van der Waals surface area contributed by atoms with Crippen LogP contribution in [-0.2, 0) is 9.53 Å². The quantitative estimate of drug-likeness (QED) is 0.815. The zero-order valence-electron chi connectivity index (χ0n) is 9.63. The third kappa shape index (κ3) is 3.40. The summed E-state index contributed by atoms with van der Waals surface area (Å²) in [6.07, 6.45) is 0. The summed E-state index contributed by atoms with van der Waals surface area (Å²) in [7, 11) is 0. The minimum absolute atomic E-state index is 0.100. The molecule has 0 radical (unpaired) electrons. The molecule has 0 bridgehead atoms. The molecule has 0 unspecified atom stereocenters. The summed E-state index contributed by atoms with van der Waals surface area (Å²) >= 11 is 2.19. The summed E-state index contributed by atoms with van der Waals surface area (Å²) < 4.78 is 6.59. The van der Waals surface area contributed by atoms with Gasteiger partial charge in [0.1, 0.15) is 6.61 Å². The Hall–Kier alpha value is -0.660. The molecule has 17 heavy (non-hydrogen) atoms. The van der Waals surface area contributed by atoms with Crippen LogP contribution in [0.5, 0.6) is 0 Å². The molecule has 1 aromatic rings. The van der Waals surface area contributed by atoms with E-state index < -0.39 is 0 Å². The van der Waals surface area contributed by atoms with E-state index in [9.17, 15) is 4.79 Å². The molecule has 92 valence electrons. The first kappa shape index (κ1) is 12.8. The molecule has 0 aliphatic carbocycles. The number of ether oxygens (including phenoxy) is 1. The molecule has 2 N–H and O–H groups in total. The van der Waals surface area contributed by atoms with Gasteiger partial charge < -0.3 is 15.4 Å². The fourth-order valence-corrected chi connectivity index (χ4v) is 2.09. The first-order valence-corrected chi connectivity index (χ1v) is 6.56. The summed E-state index contributed by atoms with van der Waals surface area (Å²) in [4.78, 5) is 11.7. The van der Waals surface area contributed by atoms with E-state index in [1.165, 1.54) is 0 Å². The van der Waals surface area contributed by atoms with Gasteiger partial charge in [-0.1, -0.05) is 12.1 Å². The number of para-hydroxylation sites is 1. The third-order valence-corrected chi connectivity index (χ3v) is 3.64. The number of nitrogens with one attached hydrogen (secondary N) is 2. The third-order valence-electron chi connectivity index (χ3n) is 2.70. The minimum Gasteiger partial charge on any atom is -0.363 e. The Bertz CT molecular complexity index is 419. The van der Waals surface area contributed by atoms with Crippen molar-refractivity contribution in [3.63, 3.8) is 0 Å². The SMILES string of the molecule is CC1(OCC(=O)Nc2ccccc2I)CNC1. The van der Waals surface area contributed by atoms with Crippen LogP contribution in [0.25, 0.3) is 0 Å². The molecule has 1 saturated heterocycles. The van der Waals surface area contributed by atoms with E-state index in [-0.39, 0.29) is 18.1 Å². The number of rotatable bonds is 4. The number of carbonyl (C=O) groups is 1. The van der Waals surface area contributed by atoms with E-state index in [4.69, 9.17) is 4.74 Å². The van der Waals surface area contributed by atoms with Crippen molar-refractivity contribution in [1.29, 1.82) is 0 Å². The highest BCUT2D eigenvalue weighted by molar-refractivity contribution is 14.1. The van der Waals surface area contributed by atoms with Crippen molar-refractivity contribution in [3.05, 3.63) is 27.8 Å². The highest BCUT2D eigenvalue weighted by Crippen LogP contribution is 2.18. The van der Waals surface area contributed by atoms with Crippen LogP contribution < -0.4 is 10.6 Å². The molecule has 2 rings (SSSR count). The van der Waals surface area contributed by atoms with Gasteiger partial charge in [-0.05, 0) is 41.6 Å². The van der Waals surface area contributed by atoms with Crippen LogP contribution in [0.1, 0.15) is 6.92 Å². The van der Waals surface area contributed by atoms with Crippen LogP contribution in [0.4, 0.5) is 5.69 Å². The Morgan fingerprint density at radius 1 is 1.53 bits per heavy atom. The van der Waals surface area contributed by atoms with Gasteiger partial charge in [-0.15, -0.1) is 0 Å². The van der Waals surface area contributed by atoms with Crippen molar-refractivity contribution in [2.45, 2.75) is 12.5 Å². The Labute approximate surface area is 114 Å². The molecule has 0 aromatic heterocycles. The van der Waals surface area contributed by atoms with Crippen molar-refractivity contribution in [1.82, 2.24) is 5.32 Å². The number of hydrogen-bond donors (Lipinski definition) is 2. The van der Waals surface area contributed by atoms with E-state index in [0.29, 0.717) is 0 Å². The topological polar surface area (TPSA) is 50.4 Å². The Balaban J connectivity index is 1.83. The second-order valence-corrected chi connectivity index (χ2v) is 5.53. The summed E-state index contributed by atoms with van der Waals surface area (Å²) in [6, 6.07) is 7.67. The van der Waals surface area contributed by atoms with Gasteiger partial charge in [0.2, 0.25) is 5.91 Å². The van der Waals surface area contributed by atoms with Crippen molar-refractivity contribution < 1.29 is 9.53 Å². The van der Waals surface area contributed by atoms with E-state index >= 15 is 0 Å². The lowest BCUT2D eigenvalue weighted by atomic mass is 10.0. The molecule has 4 nitrogen and oxygen atoms in total. The molecule has 1 heterocycles. The molecule has 0 spiro atoms. The molecule has 1 aliphatic rings. The lowest BCUT2D eigenvalue weighted by Crippen LogP contribution is -2.59. The number of hydrogen-bond acceptors (Lipinski definition) is 3. The van der Waals surface area contributed by atoms with Gasteiger partial charge in [0.25, 0.3) is 0 Å². The first-order chi connectivity index (χ1) is 8.09. The fraction of sp³-hybridized carbons (Fsp3) is 0.417. The van der Waals surface area contributed by atoms with Crippen molar-refractivity contribution >= 4 is 34.2 Å². The zero-order chi connectivity index (χ0) is 12.3. The van der Waals surface area contributed by atoms with Crippen LogP contribution in [-0.4, -0.2) is 31.2 Å². The zero-order valence-corrected chi connectivity index (χ0v) is 11.8. The van der Waals surface area contributed by atoms with Gasteiger partial charge in [0, 0.05) is 16.7 Å². The van der Waals surface area contributed by atoms with Gasteiger partial charge in [0.05, 0.1) is 11.3 Å². The first-order valence-electron chi connectivity index (χ1n) is 5.48. The highest BCUT2D eigenvalue weighted by Gasteiger charge is 2.32. The molecule has 1 amide bonds. The molecule has 0 saturated carbocycles. The predicted molar refractivity (Wildman–Crippen MR) is 75.0 cm³/mol. The smallest absolute Gasteiger partial charge is 0.250 e. The van der Waals surface area contributed by atoms with Gasteiger partial charge in [-0.25, -0.2) is 0 Å². The molecular weight excluding hydrogens is 331 g/mol. The van der Waals surface area contributed by atoms with E-state index in [1.54, 1.807) is 0 Å². The van der Waals surface area contributed by atoms with Crippen LogP contribution in [0.2, 0.25) is 0 Å². The molecule has 1 aromatic carbocycles. The van der Waals surface area contributed by atoms with Crippen LogP contribution in [0, 0.1) is 3.57 Å². The van der Waals surface area contributed by atoms with Crippen molar-refractivity contribution in [2.75, 3.05) is 25.0 Å². The van der Waals surface area contributed by atoms with Crippen LogP contribution in [0.15, 0.2) is 24.3 Å². The minimum atomic E-state index is -0.179. The van der Waals surface area contributed by atoms with Gasteiger partial charge in [-0.2, -0.15) is 0 Å². The maximum absolute atomic E-state index is 11.7. The normalized spacial score (nSPS) is 17.3. The highest BCUT2D eigenvalue weighted by atomic mass is 127. The van der Waals surface area contributed by atoms with Crippen molar-refractivity contribution in [2.24, 2.45) is 0 Å². The molecule has 5 heteroatoms. The second-order valence-electron chi connectivity index (χ2n) is 4.37. The van der Waals surface area contributed by atoms with Gasteiger partial charge in [-0.3, -0.25) is 4.79 Å². The number of carbonyl (C=O) groups excluding carboxylic acids is 1. The van der Waals surface area contributed by atoms with Gasteiger partial charge in [0.15, 0.2) is 0 Å². The lowest BCUT2D eigenvalue weighted by Gasteiger charge is -2.38. The fourth-order valence-electron chi connectivity index (χ4n) is 1.57. The van der Waals surface area contributed by atoms with Crippen LogP contribution >= 0.6 is 22.6 Å². The summed E-state index contributed by atoms with van der Waals surface area (Å²) in [5.41, 5.74) is 0.653. The maximum Gasteiger partial charge on any atom is 0.250 e. The number of benzene rings is 1. The number of amides is 1. The Kier molecular flexibility index (Phi) is 4.01. The van der Waals surface area contributed by atoms with E-state index in [2.05, 4.69) is 33.2 Å². The average Bonchev–Trinajstić information content (AvgIpc) is 2.27. The second kappa shape index (κ2) is 5.32. The van der Waals surface area contributed by atoms with Crippen molar-refractivity contribution in [3.8, 4) is 0 Å². The lowest BCUT2D eigenvalue weighted by molar-refractivity contribution is -0.130. The summed E-state index contributed by atoms with van der Waals surface area (Å²) in [6.45, 7) is 3.72. The van der Waals surface area contributed by atoms with Gasteiger partial charge >= 0.3 is 0 Å². The largest absolute Gasteiger partial charge is 0.363 e. The van der Waals surface area contributed by atoms with E-state index in [0.717, 1.165) is 22.3 Å². The summed E-state index contributed by atoms with van der Waals surface area (Å²) in [5.74, 6) is -0.109. The number of anilines is 1. The van der Waals surface area contributed by atoms with E-state index in [1.807, 2.05) is 31.2 Å². The monoisotopic (exact) mass is 346 g/mol. The average molecular weight is 346 g/mol. The predicted octanol–water partition coefficient (Wildman–Crippen LogP) is 1.61.